The highest BCUT2D eigenvalue weighted by Crippen LogP contribution is 2.27. The van der Waals surface area contributed by atoms with Crippen LogP contribution >= 0.6 is 11.8 Å². The summed E-state index contributed by atoms with van der Waals surface area (Å²) in [6.07, 6.45) is 1.51. The third kappa shape index (κ3) is 3.44. The van der Waals surface area contributed by atoms with E-state index in [0.717, 1.165) is 16.8 Å². The molecule has 2 rings (SSSR count). The highest BCUT2D eigenvalue weighted by atomic mass is 32.2. The standard InChI is InChI=1S/C18H16N2OS/c1-12-13(2)16(11-19)18(20-14(12)3)22-10-9-17(21)15-7-5-4-6-8-15/h4-10H,1-3H3/b10-9-. The SMILES string of the molecule is Cc1nc(S/C=C\C(=O)c2ccccc2)c(C#N)c(C)c1C. The zero-order valence-corrected chi connectivity index (χ0v) is 13.6. The Labute approximate surface area is 134 Å². The number of nitrogens with zero attached hydrogens (tertiary/aromatic N) is 2. The van der Waals surface area contributed by atoms with Crippen LogP contribution < -0.4 is 0 Å². The minimum absolute atomic E-state index is 0.0628. The van der Waals surface area contributed by atoms with E-state index in [1.165, 1.54) is 17.8 Å². The number of carbonyl (C=O) groups excluding carboxylic acids is 1. The van der Waals surface area contributed by atoms with E-state index in [0.29, 0.717) is 16.2 Å². The number of rotatable bonds is 4. The predicted molar refractivity (Wildman–Crippen MR) is 88.9 cm³/mol. The maximum Gasteiger partial charge on any atom is 0.186 e. The van der Waals surface area contributed by atoms with Crippen LogP contribution in [0.4, 0.5) is 0 Å². The number of aryl methyl sites for hydroxylation is 1. The van der Waals surface area contributed by atoms with E-state index in [1.54, 1.807) is 17.5 Å². The van der Waals surface area contributed by atoms with Gasteiger partial charge in [-0.2, -0.15) is 5.26 Å². The lowest BCUT2D eigenvalue weighted by molar-refractivity contribution is 0.104. The first-order valence-electron chi connectivity index (χ1n) is 6.85. The molecule has 0 aliphatic heterocycles. The summed E-state index contributed by atoms with van der Waals surface area (Å²) in [6.45, 7) is 5.81. The molecule has 1 aromatic heterocycles. The van der Waals surface area contributed by atoms with E-state index in [-0.39, 0.29) is 5.78 Å². The highest BCUT2D eigenvalue weighted by molar-refractivity contribution is 8.02. The van der Waals surface area contributed by atoms with Crippen LogP contribution in [-0.4, -0.2) is 10.8 Å². The van der Waals surface area contributed by atoms with Crippen molar-refractivity contribution in [1.29, 1.82) is 5.26 Å². The van der Waals surface area contributed by atoms with Gasteiger partial charge in [-0.15, -0.1) is 0 Å². The summed E-state index contributed by atoms with van der Waals surface area (Å²) in [5.74, 6) is -0.0628. The number of benzene rings is 1. The Bertz CT molecular complexity index is 774. The molecule has 1 heterocycles. The summed E-state index contributed by atoms with van der Waals surface area (Å²) >= 11 is 1.30. The fourth-order valence-electron chi connectivity index (χ4n) is 1.99. The Balaban J connectivity index is 2.21. The minimum Gasteiger partial charge on any atom is -0.289 e. The van der Waals surface area contributed by atoms with E-state index in [2.05, 4.69) is 11.1 Å². The first-order chi connectivity index (χ1) is 10.5. The number of hydrogen-bond donors (Lipinski definition) is 0. The number of aromatic nitrogens is 1. The van der Waals surface area contributed by atoms with E-state index in [9.17, 15) is 10.1 Å². The molecule has 0 radical (unpaired) electrons. The molecule has 0 bridgehead atoms. The molecule has 2 aromatic rings. The number of thioether (sulfide) groups is 1. The minimum atomic E-state index is -0.0628. The van der Waals surface area contributed by atoms with Gasteiger partial charge in [-0.25, -0.2) is 4.98 Å². The molecule has 1 aromatic carbocycles. The van der Waals surface area contributed by atoms with Crippen LogP contribution in [-0.2, 0) is 0 Å². The molecule has 3 nitrogen and oxygen atoms in total. The van der Waals surface area contributed by atoms with Crippen molar-refractivity contribution in [3.05, 3.63) is 69.8 Å². The first-order valence-corrected chi connectivity index (χ1v) is 7.73. The molecular weight excluding hydrogens is 292 g/mol. The van der Waals surface area contributed by atoms with Crippen LogP contribution in [0, 0.1) is 32.1 Å². The van der Waals surface area contributed by atoms with Crippen molar-refractivity contribution in [2.24, 2.45) is 0 Å². The normalized spacial score (nSPS) is 10.6. The van der Waals surface area contributed by atoms with Gasteiger partial charge >= 0.3 is 0 Å². The average Bonchev–Trinajstić information content (AvgIpc) is 2.53. The zero-order valence-electron chi connectivity index (χ0n) is 12.8. The molecule has 0 saturated heterocycles. The van der Waals surface area contributed by atoms with E-state index < -0.39 is 0 Å². The summed E-state index contributed by atoms with van der Waals surface area (Å²) < 4.78 is 0. The first kappa shape index (κ1) is 16.0. The van der Waals surface area contributed by atoms with Gasteiger partial charge in [-0.1, -0.05) is 42.1 Å². The van der Waals surface area contributed by atoms with Crippen molar-refractivity contribution < 1.29 is 4.79 Å². The maximum absolute atomic E-state index is 12.0. The lowest BCUT2D eigenvalue weighted by Gasteiger charge is -2.09. The van der Waals surface area contributed by atoms with Crippen molar-refractivity contribution >= 4 is 17.5 Å². The lowest BCUT2D eigenvalue weighted by atomic mass is 10.1. The van der Waals surface area contributed by atoms with Gasteiger partial charge in [0.05, 0.1) is 5.56 Å². The maximum atomic E-state index is 12.0. The second-order valence-electron chi connectivity index (χ2n) is 4.89. The Morgan fingerprint density at radius 3 is 2.50 bits per heavy atom. The van der Waals surface area contributed by atoms with Gasteiger partial charge in [0.2, 0.25) is 0 Å². The summed E-state index contributed by atoms with van der Waals surface area (Å²) in [7, 11) is 0. The van der Waals surface area contributed by atoms with Gasteiger partial charge in [-0.3, -0.25) is 4.79 Å². The molecule has 22 heavy (non-hydrogen) atoms. The Morgan fingerprint density at radius 2 is 1.86 bits per heavy atom. The molecule has 0 atom stereocenters. The number of ketones is 1. The fourth-order valence-corrected chi connectivity index (χ4v) is 2.81. The summed E-state index contributed by atoms with van der Waals surface area (Å²) in [6, 6.07) is 11.3. The number of carbonyl (C=O) groups is 1. The van der Waals surface area contributed by atoms with Gasteiger partial charge in [0, 0.05) is 11.3 Å². The lowest BCUT2D eigenvalue weighted by Crippen LogP contribution is -1.98. The molecule has 0 aliphatic carbocycles. The summed E-state index contributed by atoms with van der Waals surface area (Å²) in [5.41, 5.74) is 4.10. The number of pyridine rings is 1. The van der Waals surface area contributed by atoms with Crippen molar-refractivity contribution in [3.8, 4) is 6.07 Å². The van der Waals surface area contributed by atoms with Gasteiger partial charge in [0.1, 0.15) is 11.1 Å². The Morgan fingerprint density at radius 1 is 1.18 bits per heavy atom. The highest BCUT2D eigenvalue weighted by Gasteiger charge is 2.11. The van der Waals surface area contributed by atoms with Crippen LogP contribution in [0.2, 0.25) is 0 Å². The van der Waals surface area contributed by atoms with Crippen LogP contribution in [0.5, 0.6) is 0 Å². The monoisotopic (exact) mass is 308 g/mol. The Kier molecular flexibility index (Phi) is 5.13. The molecule has 4 heteroatoms. The van der Waals surface area contributed by atoms with Crippen molar-refractivity contribution in [1.82, 2.24) is 4.98 Å². The van der Waals surface area contributed by atoms with Crippen molar-refractivity contribution in [3.63, 3.8) is 0 Å². The number of nitriles is 1. The van der Waals surface area contributed by atoms with Gasteiger partial charge in [0.25, 0.3) is 0 Å². The molecule has 0 spiro atoms. The largest absolute Gasteiger partial charge is 0.289 e. The van der Waals surface area contributed by atoms with Crippen LogP contribution in [0.25, 0.3) is 0 Å². The molecular formula is C18H16N2OS. The van der Waals surface area contributed by atoms with E-state index in [4.69, 9.17) is 0 Å². The molecule has 0 saturated carbocycles. The second-order valence-corrected chi connectivity index (χ2v) is 5.78. The topological polar surface area (TPSA) is 53.8 Å². The predicted octanol–water partition coefficient (Wildman–Crippen LogP) is 4.37. The number of allylic oxidation sites excluding steroid dienone is 1. The van der Waals surface area contributed by atoms with Crippen LogP contribution in [0.1, 0.15) is 32.7 Å². The average molecular weight is 308 g/mol. The summed E-state index contributed by atoms with van der Waals surface area (Å²) in [5, 5.41) is 11.6. The van der Waals surface area contributed by atoms with Gasteiger partial charge in [0.15, 0.2) is 5.78 Å². The Hall–Kier alpha value is -2.38. The third-order valence-electron chi connectivity index (χ3n) is 3.53. The van der Waals surface area contributed by atoms with Gasteiger partial charge < -0.3 is 0 Å². The van der Waals surface area contributed by atoms with E-state index in [1.807, 2.05) is 39.0 Å². The van der Waals surface area contributed by atoms with Gasteiger partial charge in [-0.05, 0) is 43.4 Å². The molecule has 0 amide bonds. The van der Waals surface area contributed by atoms with E-state index >= 15 is 0 Å². The van der Waals surface area contributed by atoms with Crippen LogP contribution in [0.15, 0.2) is 46.8 Å². The second kappa shape index (κ2) is 7.06. The molecule has 110 valence electrons. The summed E-state index contributed by atoms with van der Waals surface area (Å²) in [4.78, 5) is 16.4. The zero-order chi connectivity index (χ0) is 16.1. The molecule has 0 N–H and O–H groups in total. The fraction of sp³-hybridized carbons (Fsp3) is 0.167. The van der Waals surface area contributed by atoms with Crippen molar-refractivity contribution in [2.45, 2.75) is 25.8 Å². The van der Waals surface area contributed by atoms with Crippen molar-refractivity contribution in [2.75, 3.05) is 0 Å². The smallest absolute Gasteiger partial charge is 0.186 e. The number of hydrogen-bond acceptors (Lipinski definition) is 4. The third-order valence-corrected chi connectivity index (χ3v) is 4.32. The molecule has 0 fully saturated rings. The molecule has 0 unspecified atom stereocenters. The quantitative estimate of drug-likeness (QED) is 0.478. The van der Waals surface area contributed by atoms with Crippen LogP contribution in [0.3, 0.4) is 0 Å². The molecule has 0 aliphatic rings.